The third-order valence-corrected chi connectivity index (χ3v) is 4.55. The van der Waals surface area contributed by atoms with E-state index in [4.69, 9.17) is 0 Å². The van der Waals surface area contributed by atoms with Crippen molar-refractivity contribution in [2.45, 2.75) is 23.1 Å². The first-order valence-electron chi connectivity index (χ1n) is 4.95. The van der Waals surface area contributed by atoms with Crippen molar-refractivity contribution in [1.29, 1.82) is 0 Å². The van der Waals surface area contributed by atoms with Gasteiger partial charge >= 0.3 is 0 Å². The molecule has 0 heterocycles. The number of alkyl halides is 1. The van der Waals surface area contributed by atoms with Gasteiger partial charge in [0, 0.05) is 17.4 Å². The van der Waals surface area contributed by atoms with Gasteiger partial charge in [0.05, 0.1) is 0 Å². The lowest BCUT2D eigenvalue weighted by Crippen LogP contribution is -2.30. The Morgan fingerprint density at radius 3 is 2.59 bits per heavy atom. The maximum Gasteiger partial charge on any atom is 0.243 e. The lowest BCUT2D eigenvalue weighted by atomic mass is 10.3. The van der Waals surface area contributed by atoms with Gasteiger partial charge in [-0.05, 0) is 18.6 Å². The van der Waals surface area contributed by atoms with E-state index < -0.39 is 26.6 Å². The molecule has 96 valence electrons. The molecule has 17 heavy (non-hydrogen) atoms. The van der Waals surface area contributed by atoms with E-state index in [2.05, 4.69) is 20.7 Å². The Balaban J connectivity index is 2.90. The molecule has 0 amide bonds. The fourth-order valence-corrected chi connectivity index (χ4v) is 2.63. The largest absolute Gasteiger partial charge is 0.243 e. The number of benzene rings is 1. The molecule has 0 aliphatic rings. The zero-order valence-corrected chi connectivity index (χ0v) is 11.5. The van der Waals surface area contributed by atoms with E-state index >= 15 is 0 Å². The number of rotatable bonds is 5. The predicted molar refractivity (Wildman–Crippen MR) is 64.6 cm³/mol. The monoisotopic (exact) mass is 327 g/mol. The molecular weight excluding hydrogens is 316 g/mol. The second kappa shape index (κ2) is 5.88. The van der Waals surface area contributed by atoms with E-state index in [1.165, 1.54) is 0 Å². The maximum absolute atomic E-state index is 13.3. The van der Waals surface area contributed by atoms with E-state index in [1.54, 1.807) is 0 Å². The highest BCUT2D eigenvalue weighted by atomic mass is 79.9. The standard InChI is InChI=1S/C10H12BrF2NO2S/c1-2-7(11)6-14-17(15,16)10-4-3-8(12)5-9(10)13/h3-5,7,14H,2,6H2,1H3. The van der Waals surface area contributed by atoms with Crippen molar-refractivity contribution in [3.63, 3.8) is 0 Å². The minimum absolute atomic E-state index is 0.0271. The fraction of sp³-hybridized carbons (Fsp3) is 0.400. The molecule has 0 bridgehead atoms. The van der Waals surface area contributed by atoms with Crippen LogP contribution in [-0.4, -0.2) is 19.8 Å². The number of halogens is 3. The Kier molecular flexibility index (Phi) is 5.03. The number of hydrogen-bond acceptors (Lipinski definition) is 2. The summed E-state index contributed by atoms with van der Waals surface area (Å²) in [6.45, 7) is 2.03. The third-order valence-electron chi connectivity index (χ3n) is 2.12. The van der Waals surface area contributed by atoms with Crippen LogP contribution in [0.15, 0.2) is 23.1 Å². The molecule has 7 heteroatoms. The molecule has 0 aromatic heterocycles. The highest BCUT2D eigenvalue weighted by molar-refractivity contribution is 9.09. The Bertz CT molecular complexity index is 493. The molecule has 1 aromatic rings. The molecule has 0 saturated heterocycles. The molecule has 1 N–H and O–H groups in total. The highest BCUT2D eigenvalue weighted by Crippen LogP contribution is 2.15. The van der Waals surface area contributed by atoms with E-state index in [0.29, 0.717) is 6.07 Å². The van der Waals surface area contributed by atoms with Gasteiger partial charge in [-0.2, -0.15) is 0 Å². The average Bonchev–Trinajstić information content (AvgIpc) is 2.25. The molecule has 1 atom stereocenters. The number of nitrogens with one attached hydrogen (secondary N) is 1. The lowest BCUT2D eigenvalue weighted by Gasteiger charge is -2.10. The van der Waals surface area contributed by atoms with Gasteiger partial charge in [-0.15, -0.1) is 0 Å². The molecule has 1 aromatic carbocycles. The van der Waals surface area contributed by atoms with Gasteiger partial charge in [0.2, 0.25) is 10.0 Å². The van der Waals surface area contributed by atoms with Gasteiger partial charge in [-0.25, -0.2) is 21.9 Å². The summed E-state index contributed by atoms with van der Waals surface area (Å²) in [6, 6.07) is 2.35. The molecule has 0 spiro atoms. The minimum atomic E-state index is -3.93. The zero-order chi connectivity index (χ0) is 13.1. The Hall–Kier alpha value is -0.530. The van der Waals surface area contributed by atoms with Crippen LogP contribution < -0.4 is 4.72 Å². The van der Waals surface area contributed by atoms with E-state index in [0.717, 1.165) is 18.6 Å². The van der Waals surface area contributed by atoms with Crippen molar-refractivity contribution in [2.24, 2.45) is 0 Å². The summed E-state index contributed by atoms with van der Waals surface area (Å²) in [6.07, 6.45) is 0.731. The summed E-state index contributed by atoms with van der Waals surface area (Å²) in [5.74, 6) is -1.91. The van der Waals surface area contributed by atoms with Crippen molar-refractivity contribution in [1.82, 2.24) is 4.72 Å². The molecule has 0 fully saturated rings. The number of hydrogen-bond donors (Lipinski definition) is 1. The first kappa shape index (κ1) is 14.5. The molecular formula is C10H12BrF2NO2S. The van der Waals surface area contributed by atoms with Crippen LogP contribution in [0.25, 0.3) is 0 Å². The van der Waals surface area contributed by atoms with Crippen molar-refractivity contribution in [3.05, 3.63) is 29.8 Å². The van der Waals surface area contributed by atoms with Crippen LogP contribution in [0.4, 0.5) is 8.78 Å². The molecule has 1 rings (SSSR count). The molecule has 0 saturated carbocycles. The Labute approximate surface area is 107 Å². The van der Waals surface area contributed by atoms with Gasteiger partial charge in [0.15, 0.2) is 0 Å². The maximum atomic E-state index is 13.3. The summed E-state index contributed by atoms with van der Waals surface area (Å²) in [7, 11) is -3.93. The predicted octanol–water partition coefficient (Wildman–Crippen LogP) is 2.42. The van der Waals surface area contributed by atoms with Crippen LogP contribution in [0.5, 0.6) is 0 Å². The van der Waals surface area contributed by atoms with Crippen molar-refractivity contribution in [3.8, 4) is 0 Å². The summed E-state index contributed by atoms with van der Waals surface area (Å²) in [4.78, 5) is -0.574. The zero-order valence-electron chi connectivity index (χ0n) is 9.08. The summed E-state index contributed by atoms with van der Waals surface area (Å²) >= 11 is 3.25. The minimum Gasteiger partial charge on any atom is -0.210 e. The lowest BCUT2D eigenvalue weighted by molar-refractivity contribution is 0.542. The Morgan fingerprint density at radius 2 is 2.06 bits per heavy atom. The van der Waals surface area contributed by atoms with Crippen LogP contribution in [0.1, 0.15) is 13.3 Å². The van der Waals surface area contributed by atoms with E-state index in [9.17, 15) is 17.2 Å². The molecule has 0 aliphatic heterocycles. The molecule has 1 unspecified atom stereocenters. The van der Waals surface area contributed by atoms with E-state index in [1.807, 2.05) is 6.92 Å². The second-order valence-corrected chi connectivity index (χ2v) is 6.46. The fourth-order valence-electron chi connectivity index (χ4n) is 1.12. The van der Waals surface area contributed by atoms with Crippen LogP contribution >= 0.6 is 15.9 Å². The van der Waals surface area contributed by atoms with Crippen molar-refractivity contribution in [2.75, 3.05) is 6.54 Å². The first-order valence-corrected chi connectivity index (χ1v) is 7.35. The summed E-state index contributed by atoms with van der Waals surface area (Å²) in [5.41, 5.74) is 0. The van der Waals surface area contributed by atoms with Gasteiger partial charge in [-0.3, -0.25) is 0 Å². The van der Waals surface area contributed by atoms with Crippen molar-refractivity contribution >= 4 is 26.0 Å². The SMILES string of the molecule is CCC(Br)CNS(=O)(=O)c1ccc(F)cc1F. The van der Waals surface area contributed by atoms with Crippen LogP contribution in [-0.2, 0) is 10.0 Å². The van der Waals surface area contributed by atoms with Gasteiger partial charge in [-0.1, -0.05) is 22.9 Å². The molecule has 0 radical (unpaired) electrons. The normalized spacial score (nSPS) is 13.6. The number of sulfonamides is 1. The highest BCUT2D eigenvalue weighted by Gasteiger charge is 2.19. The topological polar surface area (TPSA) is 46.2 Å². The van der Waals surface area contributed by atoms with Crippen LogP contribution in [0, 0.1) is 11.6 Å². The second-order valence-electron chi connectivity index (χ2n) is 3.43. The van der Waals surface area contributed by atoms with Crippen LogP contribution in [0.3, 0.4) is 0 Å². The average molecular weight is 328 g/mol. The summed E-state index contributed by atoms with van der Waals surface area (Å²) in [5, 5.41) is 0. The van der Waals surface area contributed by atoms with Crippen molar-refractivity contribution < 1.29 is 17.2 Å². The summed E-state index contributed by atoms with van der Waals surface area (Å²) < 4.78 is 51.6. The van der Waals surface area contributed by atoms with Gasteiger partial charge < -0.3 is 0 Å². The van der Waals surface area contributed by atoms with Gasteiger partial charge in [0.1, 0.15) is 16.5 Å². The van der Waals surface area contributed by atoms with Gasteiger partial charge in [0.25, 0.3) is 0 Å². The molecule has 3 nitrogen and oxygen atoms in total. The van der Waals surface area contributed by atoms with E-state index in [-0.39, 0.29) is 11.4 Å². The van der Waals surface area contributed by atoms with Crippen LogP contribution in [0.2, 0.25) is 0 Å². The first-order chi connectivity index (χ1) is 7.86. The third kappa shape index (κ3) is 4.01. The molecule has 0 aliphatic carbocycles. The smallest absolute Gasteiger partial charge is 0.210 e. The quantitative estimate of drug-likeness (QED) is 0.844. The Morgan fingerprint density at radius 1 is 1.41 bits per heavy atom.